The molecule has 20 heavy (non-hydrogen) atoms. The highest BCUT2D eigenvalue weighted by atomic mass is 16.1. The molecular formula is C18H19NO. The first-order chi connectivity index (χ1) is 9.83. The average Bonchev–Trinajstić information content (AvgIpc) is 2.46. The summed E-state index contributed by atoms with van der Waals surface area (Å²) >= 11 is 0. The van der Waals surface area contributed by atoms with Gasteiger partial charge in [-0.05, 0) is 30.7 Å². The van der Waals surface area contributed by atoms with Gasteiger partial charge in [0, 0.05) is 36.0 Å². The number of rotatable bonds is 1. The van der Waals surface area contributed by atoms with Gasteiger partial charge in [-0.15, -0.1) is 0 Å². The van der Waals surface area contributed by atoms with Crippen molar-refractivity contribution >= 4 is 22.2 Å². The van der Waals surface area contributed by atoms with Crippen molar-refractivity contribution in [1.29, 1.82) is 0 Å². The van der Waals surface area contributed by atoms with Gasteiger partial charge in [-0.1, -0.05) is 36.4 Å². The fourth-order valence-corrected chi connectivity index (χ4v) is 4.00. The summed E-state index contributed by atoms with van der Waals surface area (Å²) in [6.07, 6.45) is 5.06. The van der Waals surface area contributed by atoms with Crippen LogP contribution in [0.25, 0.3) is 10.8 Å². The van der Waals surface area contributed by atoms with E-state index in [1.165, 1.54) is 22.9 Å². The maximum absolute atomic E-state index is 11.9. The van der Waals surface area contributed by atoms with Gasteiger partial charge < -0.3 is 4.90 Å². The molecule has 2 bridgehead atoms. The molecule has 102 valence electrons. The highest BCUT2D eigenvalue weighted by molar-refractivity contribution is 5.95. The van der Waals surface area contributed by atoms with Crippen molar-refractivity contribution in [2.45, 2.75) is 44.2 Å². The minimum absolute atomic E-state index is 0.417. The summed E-state index contributed by atoms with van der Waals surface area (Å²) in [6.45, 7) is 0. The van der Waals surface area contributed by atoms with E-state index in [1.54, 1.807) is 0 Å². The van der Waals surface area contributed by atoms with Gasteiger partial charge in [0.1, 0.15) is 5.78 Å². The van der Waals surface area contributed by atoms with Crippen molar-refractivity contribution in [2.75, 3.05) is 4.90 Å². The highest BCUT2D eigenvalue weighted by Crippen LogP contribution is 2.39. The fraction of sp³-hybridized carbons (Fsp3) is 0.389. The van der Waals surface area contributed by atoms with Crippen LogP contribution in [-0.4, -0.2) is 17.9 Å². The average molecular weight is 265 g/mol. The molecule has 2 atom stereocenters. The number of nitrogens with zero attached hydrogens (tertiary/aromatic N) is 1. The fourth-order valence-electron chi connectivity index (χ4n) is 4.00. The minimum Gasteiger partial charge on any atom is -0.364 e. The predicted molar refractivity (Wildman–Crippen MR) is 82.1 cm³/mol. The van der Waals surface area contributed by atoms with E-state index in [2.05, 4.69) is 47.4 Å². The Balaban J connectivity index is 1.84. The van der Waals surface area contributed by atoms with Crippen LogP contribution >= 0.6 is 0 Å². The lowest BCUT2D eigenvalue weighted by Crippen LogP contribution is -2.52. The third-order valence-corrected chi connectivity index (χ3v) is 4.83. The molecule has 2 aliphatic rings. The second-order valence-corrected chi connectivity index (χ2v) is 6.09. The Bertz CT molecular complexity index is 642. The van der Waals surface area contributed by atoms with Crippen LogP contribution in [0.4, 0.5) is 5.69 Å². The van der Waals surface area contributed by atoms with Crippen LogP contribution in [0.15, 0.2) is 42.5 Å². The highest BCUT2D eigenvalue weighted by Gasteiger charge is 2.37. The van der Waals surface area contributed by atoms with Gasteiger partial charge in [0.15, 0.2) is 0 Å². The predicted octanol–water partition coefficient (Wildman–Crippen LogP) is 3.93. The summed E-state index contributed by atoms with van der Waals surface area (Å²) in [7, 11) is 0. The number of fused-ring (bicyclic) bond motifs is 3. The normalized spacial score (nSPS) is 26.0. The maximum Gasteiger partial charge on any atom is 0.137 e. The van der Waals surface area contributed by atoms with Crippen molar-refractivity contribution in [3.05, 3.63) is 42.5 Å². The number of hydrogen-bond donors (Lipinski definition) is 0. The van der Waals surface area contributed by atoms with Gasteiger partial charge in [-0.3, -0.25) is 4.79 Å². The molecule has 4 rings (SSSR count). The Morgan fingerprint density at radius 3 is 2.40 bits per heavy atom. The molecule has 0 N–H and O–H groups in total. The smallest absolute Gasteiger partial charge is 0.137 e. The minimum atomic E-state index is 0.417. The lowest BCUT2D eigenvalue weighted by molar-refractivity contribution is -0.121. The van der Waals surface area contributed by atoms with Crippen molar-refractivity contribution < 1.29 is 4.79 Å². The van der Waals surface area contributed by atoms with E-state index in [9.17, 15) is 4.79 Å². The van der Waals surface area contributed by atoms with E-state index in [4.69, 9.17) is 0 Å². The standard InChI is InChI=1S/C18H19NO/c20-16-11-14-7-4-8-15(12-16)19(14)18-10-3-6-13-5-1-2-9-17(13)18/h1-3,5-6,9-10,14-15H,4,7-8,11-12H2. The summed E-state index contributed by atoms with van der Waals surface area (Å²) in [5.74, 6) is 0.455. The van der Waals surface area contributed by atoms with Gasteiger partial charge in [0.2, 0.25) is 0 Å². The molecule has 2 saturated heterocycles. The topological polar surface area (TPSA) is 20.3 Å². The van der Waals surface area contributed by atoms with Crippen LogP contribution in [0.2, 0.25) is 0 Å². The first-order valence-corrected chi connectivity index (χ1v) is 7.61. The third-order valence-electron chi connectivity index (χ3n) is 4.83. The molecule has 0 spiro atoms. The van der Waals surface area contributed by atoms with E-state index in [0.717, 1.165) is 25.7 Å². The number of hydrogen-bond acceptors (Lipinski definition) is 2. The van der Waals surface area contributed by atoms with Crippen LogP contribution < -0.4 is 4.90 Å². The molecule has 2 nitrogen and oxygen atoms in total. The molecular weight excluding hydrogens is 246 g/mol. The molecule has 2 aromatic rings. The molecule has 2 heteroatoms. The summed E-state index contributed by atoms with van der Waals surface area (Å²) in [5.41, 5.74) is 1.32. The van der Waals surface area contributed by atoms with Crippen molar-refractivity contribution in [3.63, 3.8) is 0 Å². The number of carbonyl (C=O) groups excluding carboxylic acids is 1. The van der Waals surface area contributed by atoms with E-state index < -0.39 is 0 Å². The monoisotopic (exact) mass is 265 g/mol. The zero-order valence-electron chi connectivity index (χ0n) is 11.6. The van der Waals surface area contributed by atoms with E-state index in [1.807, 2.05) is 0 Å². The van der Waals surface area contributed by atoms with Crippen LogP contribution in [-0.2, 0) is 4.79 Å². The number of piperidine rings is 2. The second-order valence-electron chi connectivity index (χ2n) is 6.09. The number of ketones is 1. The first-order valence-electron chi connectivity index (χ1n) is 7.61. The van der Waals surface area contributed by atoms with Crippen molar-refractivity contribution in [2.24, 2.45) is 0 Å². The van der Waals surface area contributed by atoms with Crippen LogP contribution in [0.5, 0.6) is 0 Å². The Labute approximate surface area is 119 Å². The number of benzene rings is 2. The van der Waals surface area contributed by atoms with Gasteiger partial charge in [-0.2, -0.15) is 0 Å². The molecule has 0 saturated carbocycles. The molecule has 2 aliphatic heterocycles. The van der Waals surface area contributed by atoms with Gasteiger partial charge >= 0.3 is 0 Å². The van der Waals surface area contributed by atoms with Crippen LogP contribution in [0.1, 0.15) is 32.1 Å². The quantitative estimate of drug-likeness (QED) is 0.778. The Morgan fingerprint density at radius 2 is 1.60 bits per heavy atom. The molecule has 0 aromatic heterocycles. The third kappa shape index (κ3) is 1.82. The van der Waals surface area contributed by atoms with E-state index in [0.29, 0.717) is 17.9 Å². The maximum atomic E-state index is 11.9. The lowest BCUT2D eigenvalue weighted by Gasteiger charge is -2.47. The summed E-state index contributed by atoms with van der Waals surface area (Å²) in [5, 5.41) is 2.61. The van der Waals surface area contributed by atoms with Crippen molar-refractivity contribution in [3.8, 4) is 0 Å². The van der Waals surface area contributed by atoms with Crippen molar-refractivity contribution in [1.82, 2.24) is 0 Å². The molecule has 0 radical (unpaired) electrons. The second kappa shape index (κ2) is 4.62. The SMILES string of the molecule is O=C1CC2CCCC(C1)N2c1cccc2ccccc12. The summed E-state index contributed by atoms with van der Waals surface area (Å²) in [4.78, 5) is 14.4. The molecule has 2 unspecified atom stereocenters. The molecule has 0 aliphatic carbocycles. The Morgan fingerprint density at radius 1 is 0.900 bits per heavy atom. The number of carbonyl (C=O) groups is 1. The summed E-state index contributed by atoms with van der Waals surface area (Å²) < 4.78 is 0. The summed E-state index contributed by atoms with van der Waals surface area (Å²) in [6, 6.07) is 15.9. The van der Waals surface area contributed by atoms with Crippen LogP contribution in [0.3, 0.4) is 0 Å². The van der Waals surface area contributed by atoms with Gasteiger partial charge in [0.25, 0.3) is 0 Å². The first kappa shape index (κ1) is 12.0. The van der Waals surface area contributed by atoms with Gasteiger partial charge in [-0.25, -0.2) is 0 Å². The lowest BCUT2D eigenvalue weighted by atomic mass is 9.83. The van der Waals surface area contributed by atoms with E-state index in [-0.39, 0.29) is 0 Å². The molecule has 2 heterocycles. The Kier molecular flexibility index (Phi) is 2.76. The molecule has 2 fully saturated rings. The van der Waals surface area contributed by atoms with Crippen LogP contribution in [0, 0.1) is 0 Å². The van der Waals surface area contributed by atoms with E-state index >= 15 is 0 Å². The Hall–Kier alpha value is -1.83. The number of anilines is 1. The zero-order valence-corrected chi connectivity index (χ0v) is 11.6. The van der Waals surface area contributed by atoms with Gasteiger partial charge in [0.05, 0.1) is 0 Å². The molecule has 2 aromatic carbocycles. The largest absolute Gasteiger partial charge is 0.364 e. The molecule has 0 amide bonds. The zero-order chi connectivity index (χ0) is 13.5. The number of Topliss-reactive ketones (excluding diaryl/α,β-unsaturated/α-hetero) is 1.